The molecule has 0 amide bonds. The lowest BCUT2D eigenvalue weighted by Gasteiger charge is -2.42. The number of hydrogen-bond donors (Lipinski definition) is 7. The summed E-state index contributed by atoms with van der Waals surface area (Å²) in [5.74, 6) is -0.381. The molecule has 2 rings (SSSR count). The van der Waals surface area contributed by atoms with Crippen molar-refractivity contribution in [1.82, 2.24) is 0 Å². The van der Waals surface area contributed by atoms with Gasteiger partial charge >= 0.3 is 5.97 Å². The summed E-state index contributed by atoms with van der Waals surface area (Å²) in [4.78, 5) is 13.0. The SMILES string of the molecule is CCCCCCCC/C=C\CCCCCCCC(=O)OC(COCCCCCCCCCCCCCCCCCCC)COC1OC(COC2OC(CO)C(O)C(O)C2O)C(O)C(O)C1O. The Morgan fingerprint density at radius 3 is 1.38 bits per heavy atom. The number of esters is 1. The molecule has 0 aromatic heterocycles. The van der Waals surface area contributed by atoms with Gasteiger partial charge in [0.2, 0.25) is 0 Å². The summed E-state index contributed by atoms with van der Waals surface area (Å²) in [6.07, 6.45) is 25.5. The second kappa shape index (κ2) is 40.5. The highest BCUT2D eigenvalue weighted by Gasteiger charge is 2.47. The molecule has 14 heteroatoms. The first-order chi connectivity index (χ1) is 32.1. The van der Waals surface area contributed by atoms with E-state index in [1.165, 1.54) is 128 Å². The van der Waals surface area contributed by atoms with Gasteiger partial charge in [-0.25, -0.2) is 0 Å². The maximum atomic E-state index is 13.0. The predicted molar refractivity (Wildman–Crippen MR) is 257 cm³/mol. The predicted octanol–water partition coefficient (Wildman–Crippen LogP) is 8.24. The van der Waals surface area contributed by atoms with E-state index in [2.05, 4.69) is 26.0 Å². The van der Waals surface area contributed by atoms with E-state index in [0.717, 1.165) is 57.8 Å². The smallest absolute Gasteiger partial charge is 0.306 e. The highest BCUT2D eigenvalue weighted by atomic mass is 16.7. The molecule has 0 radical (unpaired) electrons. The molecule has 390 valence electrons. The van der Waals surface area contributed by atoms with Gasteiger partial charge in [0.05, 0.1) is 26.4 Å². The largest absolute Gasteiger partial charge is 0.457 e. The van der Waals surface area contributed by atoms with Gasteiger partial charge in [-0.3, -0.25) is 4.79 Å². The van der Waals surface area contributed by atoms with Gasteiger partial charge in [-0.1, -0.05) is 180 Å². The van der Waals surface area contributed by atoms with Crippen LogP contribution in [0.2, 0.25) is 0 Å². The summed E-state index contributed by atoms with van der Waals surface area (Å²) in [6, 6.07) is 0. The van der Waals surface area contributed by atoms with Crippen LogP contribution in [-0.4, -0.2) is 142 Å². The molecule has 11 atom stereocenters. The van der Waals surface area contributed by atoms with Gasteiger partial charge in [0.15, 0.2) is 12.6 Å². The van der Waals surface area contributed by atoms with Crippen LogP contribution >= 0.6 is 0 Å². The topological polar surface area (TPSA) is 214 Å². The summed E-state index contributed by atoms with van der Waals surface area (Å²) in [7, 11) is 0. The number of aliphatic hydroxyl groups is 7. The molecule has 7 N–H and O–H groups in total. The Morgan fingerprint density at radius 1 is 0.485 bits per heavy atom. The number of aliphatic hydroxyl groups excluding tert-OH is 7. The van der Waals surface area contributed by atoms with Crippen molar-refractivity contribution in [2.24, 2.45) is 0 Å². The highest BCUT2D eigenvalue weighted by Crippen LogP contribution is 2.26. The van der Waals surface area contributed by atoms with Crippen LogP contribution in [0.15, 0.2) is 12.2 Å². The van der Waals surface area contributed by atoms with Gasteiger partial charge in [0.25, 0.3) is 0 Å². The second-order valence-electron chi connectivity index (χ2n) is 19.1. The van der Waals surface area contributed by atoms with Crippen LogP contribution in [0.5, 0.6) is 0 Å². The van der Waals surface area contributed by atoms with Crippen molar-refractivity contribution in [2.75, 3.05) is 33.0 Å². The van der Waals surface area contributed by atoms with Crippen molar-refractivity contribution in [3.63, 3.8) is 0 Å². The van der Waals surface area contributed by atoms with E-state index in [0.29, 0.717) is 13.0 Å². The Kier molecular flexibility index (Phi) is 37.3. The summed E-state index contributed by atoms with van der Waals surface area (Å²) < 4.78 is 34.3. The molecule has 0 saturated carbocycles. The molecule has 0 bridgehead atoms. The summed E-state index contributed by atoms with van der Waals surface area (Å²) >= 11 is 0. The zero-order valence-corrected chi connectivity index (χ0v) is 41.4. The highest BCUT2D eigenvalue weighted by molar-refractivity contribution is 5.69. The van der Waals surface area contributed by atoms with Crippen LogP contribution in [0.4, 0.5) is 0 Å². The molecule has 14 nitrogen and oxygen atoms in total. The first-order valence-corrected chi connectivity index (χ1v) is 26.8. The third-order valence-electron chi connectivity index (χ3n) is 13.0. The third kappa shape index (κ3) is 27.8. The minimum atomic E-state index is -1.70. The van der Waals surface area contributed by atoms with E-state index in [1.54, 1.807) is 0 Å². The van der Waals surface area contributed by atoms with Gasteiger partial charge in [0, 0.05) is 13.0 Å². The minimum absolute atomic E-state index is 0.0641. The number of unbranched alkanes of at least 4 members (excludes halogenated alkanes) is 27. The van der Waals surface area contributed by atoms with Gasteiger partial charge in [-0.05, 0) is 38.5 Å². The molecule has 11 unspecified atom stereocenters. The first-order valence-electron chi connectivity index (χ1n) is 26.8. The molecular weight excluding hydrogens is 849 g/mol. The van der Waals surface area contributed by atoms with Crippen molar-refractivity contribution < 1.29 is 69.0 Å². The Bertz CT molecular complexity index is 1140. The Morgan fingerprint density at radius 2 is 0.894 bits per heavy atom. The molecule has 2 aliphatic heterocycles. The van der Waals surface area contributed by atoms with Crippen molar-refractivity contribution >= 4 is 5.97 Å². The number of carbonyl (C=O) groups excluding carboxylic acids is 1. The molecule has 2 saturated heterocycles. The van der Waals surface area contributed by atoms with Crippen LogP contribution in [0.1, 0.15) is 213 Å². The van der Waals surface area contributed by atoms with E-state index < -0.39 is 80.7 Å². The molecule has 66 heavy (non-hydrogen) atoms. The fraction of sp³-hybridized carbons (Fsp3) is 0.942. The molecule has 0 aromatic carbocycles. The number of carbonyl (C=O) groups is 1. The number of rotatable bonds is 43. The van der Waals surface area contributed by atoms with Crippen molar-refractivity contribution in [2.45, 2.75) is 280 Å². The van der Waals surface area contributed by atoms with E-state index in [1.807, 2.05) is 0 Å². The summed E-state index contributed by atoms with van der Waals surface area (Å²) in [5.41, 5.74) is 0. The van der Waals surface area contributed by atoms with Crippen LogP contribution in [0.3, 0.4) is 0 Å². The second-order valence-corrected chi connectivity index (χ2v) is 19.1. The number of allylic oxidation sites excluding steroid dienone is 2. The Labute approximate surface area is 399 Å². The van der Waals surface area contributed by atoms with E-state index in [4.69, 9.17) is 28.4 Å². The standard InChI is InChI=1S/C52H98O14/c1-3-5-7-9-11-13-15-17-19-20-22-24-26-28-30-32-34-36-61-38-41(64-44(54)35-33-31-29-27-25-23-21-18-16-14-12-10-8-6-4-2)39-62-51-50(60)48(58)46(56)43(66-51)40-63-52-49(59)47(57)45(55)42(37-53)65-52/h18,21,41-43,45-53,55-60H,3-17,19-20,22-40H2,1-2H3/b21-18-. The van der Waals surface area contributed by atoms with Crippen LogP contribution < -0.4 is 0 Å². The van der Waals surface area contributed by atoms with Crippen LogP contribution in [0, 0.1) is 0 Å². The average Bonchev–Trinajstić information content (AvgIpc) is 3.31. The lowest BCUT2D eigenvalue weighted by molar-refractivity contribution is -0.332. The minimum Gasteiger partial charge on any atom is -0.457 e. The molecule has 0 aromatic rings. The molecule has 0 aliphatic carbocycles. The maximum Gasteiger partial charge on any atom is 0.306 e. The average molecular weight is 947 g/mol. The Hall–Kier alpha value is -1.27. The van der Waals surface area contributed by atoms with Crippen molar-refractivity contribution in [3.8, 4) is 0 Å². The van der Waals surface area contributed by atoms with Gasteiger partial charge in [0.1, 0.15) is 54.9 Å². The van der Waals surface area contributed by atoms with Crippen molar-refractivity contribution in [1.29, 1.82) is 0 Å². The van der Waals surface area contributed by atoms with Crippen LogP contribution in [0.25, 0.3) is 0 Å². The lowest BCUT2D eigenvalue weighted by atomic mass is 9.98. The Balaban J connectivity index is 1.75. The normalized spacial score (nSPS) is 26.3. The fourth-order valence-electron chi connectivity index (χ4n) is 8.63. The number of ether oxygens (including phenoxy) is 6. The zero-order valence-electron chi connectivity index (χ0n) is 41.4. The third-order valence-corrected chi connectivity index (χ3v) is 13.0. The lowest BCUT2D eigenvalue weighted by Crippen LogP contribution is -2.61. The molecule has 2 fully saturated rings. The molecule has 2 heterocycles. The molecule has 2 aliphatic rings. The van der Waals surface area contributed by atoms with Gasteiger partial charge < -0.3 is 64.2 Å². The van der Waals surface area contributed by atoms with Gasteiger partial charge in [-0.2, -0.15) is 0 Å². The van der Waals surface area contributed by atoms with E-state index in [-0.39, 0.29) is 25.6 Å². The van der Waals surface area contributed by atoms with Crippen molar-refractivity contribution in [3.05, 3.63) is 12.2 Å². The molecular formula is C52H98O14. The van der Waals surface area contributed by atoms with E-state index in [9.17, 15) is 40.5 Å². The summed E-state index contributed by atoms with van der Waals surface area (Å²) in [5, 5.41) is 72.1. The van der Waals surface area contributed by atoms with Crippen LogP contribution in [-0.2, 0) is 33.2 Å². The number of hydrogen-bond acceptors (Lipinski definition) is 14. The zero-order chi connectivity index (χ0) is 48.0. The first kappa shape index (κ1) is 60.9. The maximum absolute atomic E-state index is 13.0. The van der Waals surface area contributed by atoms with Gasteiger partial charge in [-0.15, -0.1) is 0 Å². The monoisotopic (exact) mass is 947 g/mol. The quantitative estimate of drug-likeness (QED) is 0.0174. The fourth-order valence-corrected chi connectivity index (χ4v) is 8.63. The van der Waals surface area contributed by atoms with E-state index >= 15 is 0 Å². The summed E-state index contributed by atoms with van der Waals surface area (Å²) in [6.45, 7) is 3.71. The molecule has 0 spiro atoms.